The van der Waals surface area contributed by atoms with Crippen LogP contribution in [0.3, 0.4) is 0 Å². The van der Waals surface area contributed by atoms with Gasteiger partial charge in [0.2, 0.25) is 5.78 Å². The summed E-state index contributed by atoms with van der Waals surface area (Å²) in [5.74, 6) is -6.13. The van der Waals surface area contributed by atoms with Crippen molar-refractivity contribution in [3.8, 4) is 0 Å². The summed E-state index contributed by atoms with van der Waals surface area (Å²) >= 11 is 0. The fourth-order valence-corrected chi connectivity index (χ4v) is 4.20. The number of carboxylic acids is 1. The highest BCUT2D eigenvalue weighted by atomic mass is 19.3. The molecule has 166 valence electrons. The minimum Gasteiger partial charge on any atom is -0.481 e. The topological polar surface area (TPSA) is 72.8 Å². The maximum Gasteiger partial charge on any atom is 0.309 e. The highest BCUT2D eigenvalue weighted by Gasteiger charge is 2.40. The molecular weight excluding hydrogens is 382 g/mol. The van der Waals surface area contributed by atoms with E-state index >= 15 is 0 Å². The molecule has 0 amide bonds. The van der Waals surface area contributed by atoms with Crippen molar-refractivity contribution in [3.63, 3.8) is 0 Å². The number of unbranched alkanes of at least 4 members (excludes halogenated alkanes) is 3. The maximum atomic E-state index is 14.1. The molecule has 2 rings (SSSR count). The predicted molar refractivity (Wildman–Crippen MR) is 105 cm³/mol. The first-order valence-electron chi connectivity index (χ1n) is 10.9. The minimum atomic E-state index is -3.38. The number of ketones is 1. The molecule has 0 aromatic carbocycles. The standard InChI is InChI=1S/C22H34F2O5/c1-2-3-4-6-13-22(23,24)19(25)12-10-17-16(15-20(26)27)9-11-18(17)29-21-8-5-7-14-28-21/h10,12,16-18,21H,2-9,11,13-15H2,1H3,(H,26,27)/b12-10+/t16?,17-,18?,21?/m1/s1. The summed E-state index contributed by atoms with van der Waals surface area (Å²) < 4.78 is 39.9. The Kier molecular flexibility index (Phi) is 9.69. The lowest BCUT2D eigenvalue weighted by Gasteiger charge is -2.29. The van der Waals surface area contributed by atoms with Crippen LogP contribution in [0.2, 0.25) is 0 Å². The molecule has 3 unspecified atom stereocenters. The Bertz CT molecular complexity index is 557. The van der Waals surface area contributed by atoms with Crippen LogP contribution < -0.4 is 0 Å². The molecule has 0 aromatic rings. The molecule has 4 atom stereocenters. The van der Waals surface area contributed by atoms with E-state index in [9.17, 15) is 23.5 Å². The van der Waals surface area contributed by atoms with Gasteiger partial charge in [-0.25, -0.2) is 0 Å². The highest BCUT2D eigenvalue weighted by molar-refractivity contribution is 5.95. The van der Waals surface area contributed by atoms with Crippen molar-refractivity contribution >= 4 is 11.8 Å². The van der Waals surface area contributed by atoms with E-state index in [2.05, 4.69) is 0 Å². The van der Waals surface area contributed by atoms with Gasteiger partial charge in [0.15, 0.2) is 6.29 Å². The summed E-state index contributed by atoms with van der Waals surface area (Å²) in [6.07, 6.45) is 8.06. The average Bonchev–Trinajstić information content (AvgIpc) is 3.04. The Hall–Kier alpha value is -1.34. The third-order valence-electron chi connectivity index (χ3n) is 5.87. The largest absolute Gasteiger partial charge is 0.481 e. The van der Waals surface area contributed by atoms with Crippen molar-refractivity contribution < 1.29 is 33.0 Å². The molecule has 1 saturated heterocycles. The highest BCUT2D eigenvalue weighted by Crippen LogP contribution is 2.39. The molecule has 29 heavy (non-hydrogen) atoms. The number of halogens is 2. The molecule has 0 spiro atoms. The summed E-state index contributed by atoms with van der Waals surface area (Å²) in [6.45, 7) is 2.62. The number of hydrogen-bond donors (Lipinski definition) is 1. The average molecular weight is 417 g/mol. The molecule has 0 aromatic heterocycles. The van der Waals surface area contributed by atoms with Crippen LogP contribution in [0.25, 0.3) is 0 Å². The number of ether oxygens (including phenoxy) is 2. The first-order valence-corrected chi connectivity index (χ1v) is 10.9. The van der Waals surface area contributed by atoms with Crippen molar-refractivity contribution in [2.75, 3.05) is 6.61 Å². The lowest BCUT2D eigenvalue weighted by Crippen LogP contribution is -2.31. The van der Waals surface area contributed by atoms with Crippen molar-refractivity contribution in [1.82, 2.24) is 0 Å². The minimum absolute atomic E-state index is 0.0675. The molecule has 0 bridgehead atoms. The van der Waals surface area contributed by atoms with E-state index in [1.807, 2.05) is 6.92 Å². The zero-order valence-corrected chi connectivity index (χ0v) is 17.3. The predicted octanol–water partition coefficient (Wildman–Crippen LogP) is 5.13. The van der Waals surface area contributed by atoms with E-state index in [0.717, 1.165) is 38.2 Å². The Morgan fingerprint density at radius 2 is 1.97 bits per heavy atom. The van der Waals surface area contributed by atoms with Crippen LogP contribution in [0, 0.1) is 11.8 Å². The van der Waals surface area contributed by atoms with Crippen molar-refractivity contribution in [2.45, 2.75) is 95.9 Å². The second-order valence-corrected chi connectivity index (χ2v) is 8.22. The van der Waals surface area contributed by atoms with Crippen LogP contribution in [0.4, 0.5) is 8.78 Å². The summed E-state index contributed by atoms with van der Waals surface area (Å²) in [5.41, 5.74) is 0. The monoisotopic (exact) mass is 416 g/mol. The molecule has 2 aliphatic rings. The van der Waals surface area contributed by atoms with Crippen LogP contribution in [-0.2, 0) is 19.1 Å². The second-order valence-electron chi connectivity index (χ2n) is 8.22. The molecular formula is C22H34F2O5. The molecule has 1 aliphatic heterocycles. The van der Waals surface area contributed by atoms with Crippen molar-refractivity contribution in [3.05, 3.63) is 12.2 Å². The SMILES string of the molecule is CCCCCCC(F)(F)C(=O)/C=C/[C@@H]1C(CC(=O)O)CCC1OC1CCCCO1. The van der Waals surface area contributed by atoms with Gasteiger partial charge in [-0.05, 0) is 50.5 Å². The Labute approximate surface area is 171 Å². The van der Waals surface area contributed by atoms with E-state index in [0.29, 0.717) is 32.3 Å². The Balaban J connectivity index is 1.99. The van der Waals surface area contributed by atoms with Gasteiger partial charge in [0.05, 0.1) is 6.10 Å². The van der Waals surface area contributed by atoms with Gasteiger partial charge in [-0.3, -0.25) is 9.59 Å². The number of aliphatic carboxylic acids is 1. The zero-order chi connectivity index (χ0) is 21.3. The van der Waals surface area contributed by atoms with Crippen molar-refractivity contribution in [1.29, 1.82) is 0 Å². The number of carbonyl (C=O) groups is 2. The molecule has 1 aliphatic carbocycles. The number of rotatable bonds is 12. The number of hydrogen-bond acceptors (Lipinski definition) is 4. The fourth-order valence-electron chi connectivity index (χ4n) is 4.20. The Morgan fingerprint density at radius 1 is 1.17 bits per heavy atom. The molecule has 1 heterocycles. The van der Waals surface area contributed by atoms with Gasteiger partial charge in [0.1, 0.15) is 0 Å². The summed E-state index contributed by atoms with van der Waals surface area (Å²) in [6, 6.07) is 0. The van der Waals surface area contributed by atoms with Crippen molar-refractivity contribution in [2.24, 2.45) is 11.8 Å². The van der Waals surface area contributed by atoms with Crippen LogP contribution in [0.5, 0.6) is 0 Å². The third kappa shape index (κ3) is 7.78. The lowest BCUT2D eigenvalue weighted by atomic mass is 9.90. The maximum absolute atomic E-state index is 14.1. The van der Waals surface area contributed by atoms with Crippen LogP contribution in [0.1, 0.15) is 77.6 Å². The first kappa shape index (κ1) is 23.9. The summed E-state index contributed by atoms with van der Waals surface area (Å²) in [7, 11) is 0. The molecule has 5 nitrogen and oxygen atoms in total. The Morgan fingerprint density at radius 3 is 2.62 bits per heavy atom. The zero-order valence-electron chi connectivity index (χ0n) is 17.3. The van der Waals surface area contributed by atoms with Gasteiger partial charge >= 0.3 is 11.9 Å². The molecule has 7 heteroatoms. The third-order valence-corrected chi connectivity index (χ3v) is 5.87. The number of alkyl halides is 2. The second kappa shape index (κ2) is 11.7. The smallest absolute Gasteiger partial charge is 0.309 e. The van der Waals surface area contributed by atoms with E-state index in [4.69, 9.17) is 9.47 Å². The quantitative estimate of drug-likeness (QED) is 0.353. The van der Waals surface area contributed by atoms with Gasteiger partial charge in [0.25, 0.3) is 0 Å². The van der Waals surface area contributed by atoms with E-state index in [-0.39, 0.29) is 30.7 Å². The number of carboxylic acid groups (broad SMARTS) is 1. The van der Waals surface area contributed by atoms with Gasteiger partial charge in [-0.1, -0.05) is 32.3 Å². The van der Waals surface area contributed by atoms with Crippen LogP contribution in [-0.4, -0.2) is 41.8 Å². The van der Waals surface area contributed by atoms with Crippen LogP contribution >= 0.6 is 0 Å². The molecule has 1 saturated carbocycles. The molecule has 0 radical (unpaired) electrons. The van der Waals surface area contributed by atoms with Crippen LogP contribution in [0.15, 0.2) is 12.2 Å². The van der Waals surface area contributed by atoms with Gasteiger partial charge in [-0.15, -0.1) is 0 Å². The fraction of sp³-hybridized carbons (Fsp3) is 0.818. The van der Waals surface area contributed by atoms with Gasteiger partial charge in [0, 0.05) is 25.4 Å². The first-order chi connectivity index (χ1) is 13.8. The van der Waals surface area contributed by atoms with Gasteiger partial charge in [-0.2, -0.15) is 8.78 Å². The summed E-state index contributed by atoms with van der Waals surface area (Å²) in [4.78, 5) is 23.3. The van der Waals surface area contributed by atoms with E-state index < -0.39 is 24.1 Å². The number of allylic oxidation sites excluding steroid dienone is 1. The summed E-state index contributed by atoms with van der Waals surface area (Å²) in [5, 5.41) is 9.17. The normalized spacial score (nSPS) is 28.1. The molecule has 1 N–H and O–H groups in total. The lowest BCUT2D eigenvalue weighted by molar-refractivity contribution is -0.192. The van der Waals surface area contributed by atoms with Gasteiger partial charge < -0.3 is 14.6 Å². The van der Waals surface area contributed by atoms with E-state index in [1.54, 1.807) is 0 Å². The van der Waals surface area contributed by atoms with E-state index in [1.165, 1.54) is 6.08 Å². The number of carbonyl (C=O) groups excluding carboxylic acids is 1. The molecule has 2 fully saturated rings.